The number of carbonyl (C=O) groups is 1. The second-order valence-corrected chi connectivity index (χ2v) is 5.31. The summed E-state index contributed by atoms with van der Waals surface area (Å²) in [7, 11) is 0. The minimum atomic E-state index is -0.491. The van der Waals surface area contributed by atoms with Gasteiger partial charge < -0.3 is 10.2 Å². The van der Waals surface area contributed by atoms with Crippen molar-refractivity contribution in [2.24, 2.45) is 0 Å². The summed E-state index contributed by atoms with van der Waals surface area (Å²) in [5.41, 5.74) is 2.19. The van der Waals surface area contributed by atoms with E-state index in [1.54, 1.807) is 11.1 Å². The number of hydrogen-bond donors (Lipinski definition) is 1. The van der Waals surface area contributed by atoms with Gasteiger partial charge in [-0.05, 0) is 32.4 Å². The molecule has 0 unspecified atom stereocenters. The Morgan fingerprint density at radius 3 is 2.82 bits per heavy atom. The zero-order chi connectivity index (χ0) is 16.1. The lowest BCUT2D eigenvalue weighted by Crippen LogP contribution is -2.39. The molecule has 0 aliphatic carbocycles. The summed E-state index contributed by atoms with van der Waals surface area (Å²) < 4.78 is 13.1. The molecule has 1 N–H and O–H groups in total. The van der Waals surface area contributed by atoms with E-state index in [-0.39, 0.29) is 12.1 Å². The number of amides is 2. The third-order valence-electron chi connectivity index (χ3n) is 3.28. The average molecular weight is 302 g/mol. The first-order chi connectivity index (χ1) is 10.5. The lowest BCUT2D eigenvalue weighted by Gasteiger charge is -2.27. The zero-order valence-corrected chi connectivity index (χ0v) is 12.9. The van der Waals surface area contributed by atoms with E-state index in [1.807, 2.05) is 32.9 Å². The molecule has 116 valence electrons. The number of aryl methyl sites for hydroxylation is 1. The smallest absolute Gasteiger partial charge is 0.316 e. The number of anilines is 1. The first-order valence-electron chi connectivity index (χ1n) is 7.06. The highest BCUT2D eigenvalue weighted by atomic mass is 19.1. The van der Waals surface area contributed by atoms with Crippen LogP contribution in [0.4, 0.5) is 14.9 Å². The first-order valence-corrected chi connectivity index (χ1v) is 7.06. The Morgan fingerprint density at radius 2 is 2.18 bits per heavy atom. The van der Waals surface area contributed by atoms with Gasteiger partial charge in [0.05, 0.1) is 30.3 Å². The molecule has 0 bridgehead atoms. The monoisotopic (exact) mass is 302 g/mol. The van der Waals surface area contributed by atoms with Crippen molar-refractivity contribution in [3.05, 3.63) is 53.9 Å². The van der Waals surface area contributed by atoms with Crippen LogP contribution in [0.5, 0.6) is 0 Å². The van der Waals surface area contributed by atoms with Crippen molar-refractivity contribution in [3.63, 3.8) is 0 Å². The minimum Gasteiger partial charge on any atom is -0.316 e. The maximum atomic E-state index is 13.1. The number of pyridine rings is 2. The lowest BCUT2D eigenvalue weighted by molar-refractivity contribution is 0.192. The van der Waals surface area contributed by atoms with E-state index >= 15 is 0 Å². The number of carbonyl (C=O) groups excluding carboxylic acids is 1. The summed E-state index contributed by atoms with van der Waals surface area (Å²) in [5, 5.41) is 2.66. The van der Waals surface area contributed by atoms with Gasteiger partial charge in [0, 0.05) is 18.3 Å². The van der Waals surface area contributed by atoms with E-state index in [9.17, 15) is 9.18 Å². The largest absolute Gasteiger partial charge is 0.322 e. The predicted octanol–water partition coefficient (Wildman–Crippen LogP) is 3.37. The third kappa shape index (κ3) is 4.00. The van der Waals surface area contributed by atoms with Crippen molar-refractivity contribution < 1.29 is 9.18 Å². The number of urea groups is 1. The predicted molar refractivity (Wildman–Crippen MR) is 82.9 cm³/mol. The Bertz CT molecular complexity index is 660. The van der Waals surface area contributed by atoms with Crippen LogP contribution >= 0.6 is 0 Å². The molecule has 0 spiro atoms. The number of nitrogens with zero attached hydrogens (tertiary/aromatic N) is 3. The molecule has 2 rings (SSSR count). The SMILES string of the molecule is Cc1cccnc1CN(C(=O)Nc1cncc(F)c1)C(C)C. The quantitative estimate of drug-likeness (QED) is 0.942. The Hall–Kier alpha value is -2.50. The number of hydrogen-bond acceptors (Lipinski definition) is 3. The Morgan fingerprint density at radius 1 is 1.41 bits per heavy atom. The van der Waals surface area contributed by atoms with Gasteiger partial charge in [0.15, 0.2) is 0 Å². The van der Waals surface area contributed by atoms with Gasteiger partial charge in [0.25, 0.3) is 0 Å². The molecule has 2 heterocycles. The second-order valence-electron chi connectivity index (χ2n) is 5.31. The lowest BCUT2D eigenvalue weighted by atomic mass is 10.2. The molecule has 2 aromatic heterocycles. The fourth-order valence-corrected chi connectivity index (χ4v) is 2.01. The molecule has 0 aromatic carbocycles. The van der Waals surface area contributed by atoms with Gasteiger partial charge in [0.1, 0.15) is 5.82 Å². The maximum absolute atomic E-state index is 13.1. The topological polar surface area (TPSA) is 58.1 Å². The summed E-state index contributed by atoms with van der Waals surface area (Å²) in [6.45, 7) is 6.18. The van der Waals surface area contributed by atoms with Crippen molar-refractivity contribution in [2.75, 3.05) is 5.32 Å². The van der Waals surface area contributed by atoms with Crippen LogP contribution in [0, 0.1) is 12.7 Å². The summed E-state index contributed by atoms with van der Waals surface area (Å²) in [6, 6.07) is 4.71. The van der Waals surface area contributed by atoms with Crippen molar-refractivity contribution in [1.82, 2.24) is 14.9 Å². The molecule has 0 radical (unpaired) electrons. The number of aromatic nitrogens is 2. The van der Waals surface area contributed by atoms with Gasteiger partial charge in [-0.2, -0.15) is 0 Å². The van der Waals surface area contributed by atoms with Gasteiger partial charge in [-0.15, -0.1) is 0 Å². The summed E-state index contributed by atoms with van der Waals surface area (Å²) in [4.78, 5) is 22.1. The molecule has 2 aromatic rings. The molecular weight excluding hydrogens is 283 g/mol. The van der Waals surface area contributed by atoms with Gasteiger partial charge in [-0.1, -0.05) is 6.07 Å². The van der Waals surface area contributed by atoms with E-state index in [2.05, 4.69) is 15.3 Å². The summed E-state index contributed by atoms with van der Waals surface area (Å²) in [5.74, 6) is -0.491. The van der Waals surface area contributed by atoms with Crippen molar-refractivity contribution in [2.45, 2.75) is 33.4 Å². The van der Waals surface area contributed by atoms with Gasteiger partial charge in [-0.3, -0.25) is 9.97 Å². The van der Waals surface area contributed by atoms with Crippen molar-refractivity contribution in [3.8, 4) is 0 Å². The first kappa shape index (κ1) is 15.9. The number of rotatable bonds is 4. The van der Waals surface area contributed by atoms with E-state index < -0.39 is 5.82 Å². The van der Waals surface area contributed by atoms with Gasteiger partial charge in [-0.25, -0.2) is 9.18 Å². The molecule has 6 heteroatoms. The highest BCUT2D eigenvalue weighted by Gasteiger charge is 2.19. The molecule has 22 heavy (non-hydrogen) atoms. The third-order valence-corrected chi connectivity index (χ3v) is 3.28. The molecule has 0 fully saturated rings. The minimum absolute atomic E-state index is 0.0251. The van der Waals surface area contributed by atoms with Crippen LogP contribution in [0.15, 0.2) is 36.8 Å². The van der Waals surface area contributed by atoms with Crippen molar-refractivity contribution in [1.29, 1.82) is 0 Å². The summed E-state index contributed by atoms with van der Waals surface area (Å²) in [6.07, 6.45) is 4.20. The van der Waals surface area contributed by atoms with Crippen molar-refractivity contribution >= 4 is 11.7 Å². The molecule has 2 amide bonds. The van der Waals surface area contributed by atoms with E-state index in [4.69, 9.17) is 0 Å². The van der Waals surface area contributed by atoms with E-state index in [1.165, 1.54) is 12.3 Å². The maximum Gasteiger partial charge on any atom is 0.322 e. The van der Waals surface area contributed by atoms with Crippen LogP contribution in [0.3, 0.4) is 0 Å². The number of halogens is 1. The normalized spacial score (nSPS) is 10.6. The molecule has 0 aliphatic rings. The molecule has 5 nitrogen and oxygen atoms in total. The number of nitrogens with one attached hydrogen (secondary N) is 1. The van der Waals surface area contributed by atoms with Crippen LogP contribution in [0.25, 0.3) is 0 Å². The highest BCUT2D eigenvalue weighted by Crippen LogP contribution is 2.13. The van der Waals surface area contributed by atoms with Crippen LogP contribution in [0.1, 0.15) is 25.1 Å². The van der Waals surface area contributed by atoms with E-state index in [0.717, 1.165) is 17.5 Å². The molecular formula is C16H19FN4O. The fourth-order valence-electron chi connectivity index (χ4n) is 2.01. The van der Waals surface area contributed by atoms with Crippen LogP contribution in [-0.4, -0.2) is 26.9 Å². The average Bonchev–Trinajstić information content (AvgIpc) is 2.45. The molecule has 0 saturated heterocycles. The molecule has 0 saturated carbocycles. The zero-order valence-electron chi connectivity index (χ0n) is 12.9. The van der Waals surface area contributed by atoms with Crippen LogP contribution in [-0.2, 0) is 6.54 Å². The van der Waals surface area contributed by atoms with Gasteiger partial charge in [0.2, 0.25) is 0 Å². The Balaban J connectivity index is 2.14. The molecule has 0 atom stereocenters. The second kappa shape index (κ2) is 6.98. The standard InChI is InChI=1S/C16H19FN4O/c1-11(2)21(10-15-12(3)5-4-6-19-15)16(22)20-14-7-13(17)8-18-9-14/h4-9,11H,10H2,1-3H3,(H,20,22). The van der Waals surface area contributed by atoms with Crippen LogP contribution < -0.4 is 5.32 Å². The fraction of sp³-hybridized carbons (Fsp3) is 0.312. The Labute approximate surface area is 129 Å². The highest BCUT2D eigenvalue weighted by molar-refractivity contribution is 5.89. The molecule has 0 aliphatic heterocycles. The summed E-state index contributed by atoms with van der Waals surface area (Å²) >= 11 is 0. The van der Waals surface area contributed by atoms with Crippen LogP contribution in [0.2, 0.25) is 0 Å². The van der Waals surface area contributed by atoms with E-state index in [0.29, 0.717) is 12.2 Å². The Kier molecular flexibility index (Phi) is 5.04. The van der Waals surface area contributed by atoms with Gasteiger partial charge >= 0.3 is 6.03 Å².